The molecule has 1 aromatic heterocycles. The summed E-state index contributed by atoms with van der Waals surface area (Å²) in [4.78, 5) is 6.69. The molecule has 1 fully saturated rings. The summed E-state index contributed by atoms with van der Waals surface area (Å²) < 4.78 is 21.6. The van der Waals surface area contributed by atoms with E-state index in [4.69, 9.17) is 18.7 Å². The van der Waals surface area contributed by atoms with Crippen molar-refractivity contribution in [2.45, 2.75) is 31.8 Å². The maximum Gasteiger partial charge on any atom is 0.241 e. The zero-order valence-electron chi connectivity index (χ0n) is 15.4. The van der Waals surface area contributed by atoms with E-state index in [1.165, 1.54) is 0 Å². The van der Waals surface area contributed by atoms with Gasteiger partial charge in [-0.3, -0.25) is 4.90 Å². The number of nitrogens with zero attached hydrogens (tertiary/aromatic N) is 3. The molecule has 142 valence electrons. The Hall–Kier alpha value is -2.32. The summed E-state index contributed by atoms with van der Waals surface area (Å²) in [7, 11) is 4.68. The van der Waals surface area contributed by atoms with E-state index in [1.807, 2.05) is 6.07 Å². The molecule has 0 bridgehead atoms. The van der Waals surface area contributed by atoms with Gasteiger partial charge >= 0.3 is 0 Å². The first-order valence-electron chi connectivity index (χ1n) is 8.68. The van der Waals surface area contributed by atoms with Crippen molar-refractivity contribution in [3.8, 4) is 28.6 Å². The molecular weight excluding hydrogens is 338 g/mol. The van der Waals surface area contributed by atoms with Crippen molar-refractivity contribution < 1.29 is 23.8 Å². The minimum atomic E-state index is 0.143. The zero-order valence-corrected chi connectivity index (χ0v) is 15.4. The highest BCUT2D eigenvalue weighted by Crippen LogP contribution is 2.43. The van der Waals surface area contributed by atoms with Crippen LogP contribution in [0, 0.1) is 0 Å². The Morgan fingerprint density at radius 1 is 1.15 bits per heavy atom. The van der Waals surface area contributed by atoms with E-state index in [0.717, 1.165) is 25.8 Å². The van der Waals surface area contributed by atoms with Gasteiger partial charge in [-0.25, -0.2) is 0 Å². The number of methoxy groups -OCH3 is 3. The lowest BCUT2D eigenvalue weighted by Gasteiger charge is -2.33. The first kappa shape index (κ1) is 18.5. The van der Waals surface area contributed by atoms with Crippen molar-refractivity contribution >= 4 is 0 Å². The topological polar surface area (TPSA) is 90.1 Å². The fourth-order valence-electron chi connectivity index (χ4n) is 3.35. The summed E-state index contributed by atoms with van der Waals surface area (Å²) in [6.07, 6.45) is 3.24. The van der Waals surface area contributed by atoms with Crippen LogP contribution in [0.15, 0.2) is 16.7 Å². The van der Waals surface area contributed by atoms with E-state index in [1.54, 1.807) is 27.4 Å². The molecule has 1 N–H and O–H groups in total. The predicted octanol–water partition coefficient (Wildman–Crippen LogP) is 2.11. The van der Waals surface area contributed by atoms with Crippen molar-refractivity contribution in [1.29, 1.82) is 0 Å². The normalized spacial score (nSPS) is 17.9. The van der Waals surface area contributed by atoms with Crippen LogP contribution in [-0.4, -0.2) is 60.7 Å². The largest absolute Gasteiger partial charge is 0.493 e. The number of hydrogen-bond donors (Lipinski definition) is 1. The summed E-state index contributed by atoms with van der Waals surface area (Å²) in [6, 6.07) is 3.74. The minimum Gasteiger partial charge on any atom is -0.493 e. The molecule has 0 amide bonds. The molecule has 0 saturated carbocycles. The highest BCUT2D eigenvalue weighted by molar-refractivity contribution is 5.71. The lowest BCUT2D eigenvalue weighted by Crippen LogP contribution is -2.41. The Morgan fingerprint density at radius 2 is 1.96 bits per heavy atom. The number of benzene rings is 1. The van der Waals surface area contributed by atoms with Gasteiger partial charge in [0.25, 0.3) is 0 Å². The molecule has 1 aliphatic rings. The van der Waals surface area contributed by atoms with Crippen molar-refractivity contribution in [3.63, 3.8) is 0 Å². The van der Waals surface area contributed by atoms with Crippen LogP contribution < -0.4 is 14.2 Å². The summed E-state index contributed by atoms with van der Waals surface area (Å²) in [5.41, 5.74) is 0.664. The average Bonchev–Trinajstić information content (AvgIpc) is 3.15. The summed E-state index contributed by atoms with van der Waals surface area (Å²) >= 11 is 0. The third kappa shape index (κ3) is 3.61. The van der Waals surface area contributed by atoms with E-state index >= 15 is 0 Å². The highest BCUT2D eigenvalue weighted by atomic mass is 16.5. The van der Waals surface area contributed by atoms with Crippen LogP contribution in [0.5, 0.6) is 17.2 Å². The lowest BCUT2D eigenvalue weighted by molar-refractivity contribution is 0.0749. The summed E-state index contributed by atoms with van der Waals surface area (Å²) in [5, 5.41) is 13.6. The Bertz CT molecular complexity index is 734. The SMILES string of the molecule is COc1ccc(-c2noc(CN3CCCCC3CO)n2)c(OC)c1OC. The second-order valence-corrected chi connectivity index (χ2v) is 6.20. The van der Waals surface area contributed by atoms with Gasteiger partial charge in [-0.15, -0.1) is 0 Å². The van der Waals surface area contributed by atoms with Crippen LogP contribution in [-0.2, 0) is 6.54 Å². The predicted molar refractivity (Wildman–Crippen MR) is 94.5 cm³/mol. The molecule has 1 aliphatic heterocycles. The third-order valence-corrected chi connectivity index (χ3v) is 4.71. The molecule has 8 heteroatoms. The maximum atomic E-state index is 9.55. The minimum absolute atomic E-state index is 0.143. The highest BCUT2D eigenvalue weighted by Gasteiger charge is 2.25. The van der Waals surface area contributed by atoms with E-state index in [2.05, 4.69) is 15.0 Å². The van der Waals surface area contributed by atoms with Gasteiger partial charge in [-0.1, -0.05) is 11.6 Å². The van der Waals surface area contributed by atoms with Crippen LogP contribution in [0.2, 0.25) is 0 Å². The molecule has 0 spiro atoms. The number of piperidine rings is 1. The molecule has 1 unspecified atom stereocenters. The second kappa shape index (κ2) is 8.37. The molecule has 8 nitrogen and oxygen atoms in total. The quantitative estimate of drug-likeness (QED) is 0.800. The maximum absolute atomic E-state index is 9.55. The Balaban J connectivity index is 1.85. The fraction of sp³-hybridized carbons (Fsp3) is 0.556. The van der Waals surface area contributed by atoms with Crippen LogP contribution in [0.4, 0.5) is 0 Å². The molecule has 26 heavy (non-hydrogen) atoms. The molecule has 1 atom stereocenters. The number of aliphatic hydroxyl groups excluding tert-OH is 1. The number of aromatic nitrogens is 2. The number of rotatable bonds is 7. The van der Waals surface area contributed by atoms with Crippen LogP contribution in [0.1, 0.15) is 25.2 Å². The fourth-order valence-corrected chi connectivity index (χ4v) is 3.35. The van der Waals surface area contributed by atoms with Crippen molar-refractivity contribution in [2.24, 2.45) is 0 Å². The first-order chi connectivity index (χ1) is 12.7. The van der Waals surface area contributed by atoms with E-state index < -0.39 is 0 Å². The average molecular weight is 363 g/mol. The molecule has 2 aromatic rings. The van der Waals surface area contributed by atoms with Gasteiger partial charge in [0.15, 0.2) is 11.5 Å². The summed E-state index contributed by atoms with van der Waals surface area (Å²) in [6.45, 7) is 1.58. The molecule has 0 radical (unpaired) electrons. The van der Waals surface area contributed by atoms with Gasteiger partial charge in [0.05, 0.1) is 40.0 Å². The number of ether oxygens (including phenoxy) is 3. The molecule has 0 aliphatic carbocycles. The standard InChI is InChI=1S/C18H25N3O5/c1-23-14-8-7-13(16(24-2)17(14)25-3)18-19-15(26-20-18)10-21-9-5-4-6-12(21)11-22/h7-8,12,22H,4-6,9-11H2,1-3H3. The van der Waals surface area contributed by atoms with Crippen molar-refractivity contribution in [1.82, 2.24) is 15.0 Å². The van der Waals surface area contributed by atoms with Gasteiger partial charge in [0.2, 0.25) is 17.5 Å². The summed E-state index contributed by atoms with van der Waals surface area (Å²) in [5.74, 6) is 2.48. The molecule has 3 rings (SSSR count). The van der Waals surface area contributed by atoms with Gasteiger partial charge in [-0.2, -0.15) is 4.98 Å². The molecule has 1 aromatic carbocycles. The third-order valence-electron chi connectivity index (χ3n) is 4.71. The molecular formula is C18H25N3O5. The Labute approximate surface area is 152 Å². The van der Waals surface area contributed by atoms with E-state index in [9.17, 15) is 5.11 Å². The number of likely N-dealkylation sites (tertiary alicyclic amines) is 1. The number of aliphatic hydroxyl groups is 1. The zero-order chi connectivity index (χ0) is 18.5. The molecule has 2 heterocycles. The Kier molecular flexibility index (Phi) is 5.95. The second-order valence-electron chi connectivity index (χ2n) is 6.20. The monoisotopic (exact) mass is 363 g/mol. The van der Waals surface area contributed by atoms with Gasteiger partial charge < -0.3 is 23.8 Å². The lowest BCUT2D eigenvalue weighted by atomic mass is 10.0. The van der Waals surface area contributed by atoms with E-state index in [-0.39, 0.29) is 12.6 Å². The van der Waals surface area contributed by atoms with Gasteiger partial charge in [-0.05, 0) is 31.5 Å². The van der Waals surface area contributed by atoms with Gasteiger partial charge in [0.1, 0.15) is 0 Å². The van der Waals surface area contributed by atoms with Crippen molar-refractivity contribution in [2.75, 3.05) is 34.5 Å². The Morgan fingerprint density at radius 3 is 2.65 bits per heavy atom. The number of hydrogen-bond acceptors (Lipinski definition) is 8. The van der Waals surface area contributed by atoms with Crippen LogP contribution in [0.3, 0.4) is 0 Å². The van der Waals surface area contributed by atoms with E-state index in [0.29, 0.717) is 41.1 Å². The first-order valence-corrected chi connectivity index (χ1v) is 8.68. The van der Waals surface area contributed by atoms with Crippen LogP contribution in [0.25, 0.3) is 11.4 Å². The van der Waals surface area contributed by atoms with Crippen molar-refractivity contribution in [3.05, 3.63) is 18.0 Å². The van der Waals surface area contributed by atoms with Crippen LogP contribution >= 0.6 is 0 Å². The smallest absolute Gasteiger partial charge is 0.241 e. The van der Waals surface area contributed by atoms with Gasteiger partial charge in [0, 0.05) is 6.04 Å². The molecule has 1 saturated heterocycles.